The summed E-state index contributed by atoms with van der Waals surface area (Å²) in [5.74, 6) is 0.746. The minimum atomic E-state index is -0.0390. The molecule has 3 aromatic heterocycles. The van der Waals surface area contributed by atoms with Crippen LogP contribution in [0.3, 0.4) is 0 Å². The first-order chi connectivity index (χ1) is 15.7. The Morgan fingerprint density at radius 2 is 1.72 bits per heavy atom. The van der Waals surface area contributed by atoms with Crippen LogP contribution in [0.5, 0.6) is 0 Å². The Balaban J connectivity index is 1.60. The molecule has 2 N–H and O–H groups in total. The van der Waals surface area contributed by atoms with Gasteiger partial charge < -0.3 is 19.6 Å². The Labute approximate surface area is 184 Å². The van der Waals surface area contributed by atoms with Crippen molar-refractivity contribution in [1.29, 1.82) is 10.5 Å². The number of hydrogen-bond donors (Lipinski definition) is 1. The van der Waals surface area contributed by atoms with Gasteiger partial charge in [0.1, 0.15) is 34.6 Å². The van der Waals surface area contributed by atoms with Crippen LogP contribution in [-0.4, -0.2) is 44.1 Å². The molecule has 9 heteroatoms. The molecule has 160 valence electrons. The van der Waals surface area contributed by atoms with Crippen molar-refractivity contribution in [2.75, 3.05) is 25.4 Å². The van der Waals surface area contributed by atoms with Crippen molar-refractivity contribution >= 4 is 28.1 Å². The first-order valence-electron chi connectivity index (χ1n) is 10.8. The molecule has 4 aromatic rings. The van der Waals surface area contributed by atoms with Gasteiger partial charge in [-0.05, 0) is 51.0 Å². The lowest BCUT2D eigenvalue weighted by atomic mass is 10.1. The largest absolute Gasteiger partial charge is 0.436 e. The number of benzene rings is 1. The molecule has 1 fully saturated rings. The fourth-order valence-electron chi connectivity index (χ4n) is 4.36. The van der Waals surface area contributed by atoms with E-state index in [9.17, 15) is 10.5 Å². The van der Waals surface area contributed by atoms with Crippen LogP contribution in [0.25, 0.3) is 33.7 Å². The second-order valence-electron chi connectivity index (χ2n) is 7.97. The van der Waals surface area contributed by atoms with Gasteiger partial charge in [-0.25, -0.2) is 15.0 Å². The van der Waals surface area contributed by atoms with E-state index in [0.717, 1.165) is 26.1 Å². The SMILES string of the molecule is N#Cc1nc2c(-c3nc4ccccc4o3)c(N)n(CCCN3CCCCC3)c2nc1C#N. The molecule has 0 atom stereocenters. The summed E-state index contributed by atoms with van der Waals surface area (Å²) in [6, 6.07) is 11.4. The topological polar surface area (TPSA) is 134 Å². The fraction of sp³-hybridized carbons (Fsp3) is 0.348. The first-order valence-corrected chi connectivity index (χ1v) is 10.8. The third kappa shape index (κ3) is 3.43. The highest BCUT2D eigenvalue weighted by Gasteiger charge is 2.25. The van der Waals surface area contributed by atoms with E-state index >= 15 is 0 Å². The summed E-state index contributed by atoms with van der Waals surface area (Å²) in [6.45, 7) is 3.83. The lowest BCUT2D eigenvalue weighted by molar-refractivity contribution is 0.223. The Morgan fingerprint density at radius 1 is 0.969 bits per heavy atom. The Hall–Kier alpha value is -3.95. The second-order valence-corrected chi connectivity index (χ2v) is 7.97. The predicted molar refractivity (Wildman–Crippen MR) is 119 cm³/mol. The Kier molecular flexibility index (Phi) is 5.18. The molecule has 5 rings (SSSR count). The van der Waals surface area contributed by atoms with Crippen LogP contribution in [0.4, 0.5) is 5.82 Å². The molecule has 4 heterocycles. The van der Waals surface area contributed by atoms with Crippen LogP contribution >= 0.6 is 0 Å². The molecule has 0 bridgehead atoms. The van der Waals surface area contributed by atoms with Gasteiger partial charge in [-0.2, -0.15) is 10.5 Å². The first kappa shape index (κ1) is 20.0. The van der Waals surface area contributed by atoms with Crippen LogP contribution in [-0.2, 0) is 6.54 Å². The monoisotopic (exact) mass is 426 g/mol. The van der Waals surface area contributed by atoms with Crippen molar-refractivity contribution in [3.63, 3.8) is 0 Å². The second kappa shape index (κ2) is 8.29. The van der Waals surface area contributed by atoms with Crippen LogP contribution in [0.15, 0.2) is 28.7 Å². The number of hydrogen-bond acceptors (Lipinski definition) is 8. The van der Waals surface area contributed by atoms with E-state index in [-0.39, 0.29) is 11.4 Å². The molecule has 9 nitrogen and oxygen atoms in total. The highest BCUT2D eigenvalue weighted by atomic mass is 16.3. The van der Waals surface area contributed by atoms with E-state index < -0.39 is 0 Å². The normalized spacial score (nSPS) is 14.6. The Bertz CT molecular complexity index is 1350. The van der Waals surface area contributed by atoms with Crippen molar-refractivity contribution in [1.82, 2.24) is 24.4 Å². The summed E-state index contributed by atoms with van der Waals surface area (Å²) in [6.07, 6.45) is 4.66. The maximum absolute atomic E-state index is 9.46. The van der Waals surface area contributed by atoms with Crippen molar-refractivity contribution in [2.45, 2.75) is 32.2 Å². The minimum Gasteiger partial charge on any atom is -0.436 e. The molecule has 0 amide bonds. The van der Waals surface area contributed by atoms with Crippen molar-refractivity contribution in [3.8, 4) is 23.6 Å². The molecule has 32 heavy (non-hydrogen) atoms. The highest BCUT2D eigenvalue weighted by Crippen LogP contribution is 2.36. The summed E-state index contributed by atoms with van der Waals surface area (Å²) in [5.41, 5.74) is 9.25. The van der Waals surface area contributed by atoms with E-state index in [1.807, 2.05) is 41.0 Å². The molecular formula is C23H22N8O. The zero-order chi connectivity index (χ0) is 22.1. The smallest absolute Gasteiger partial charge is 0.233 e. The number of likely N-dealkylation sites (tertiary alicyclic amines) is 1. The lowest BCUT2D eigenvalue weighted by Gasteiger charge is -2.26. The number of aryl methyl sites for hydroxylation is 1. The number of rotatable bonds is 5. The molecule has 1 aliphatic rings. The molecule has 0 radical (unpaired) electrons. The zero-order valence-corrected chi connectivity index (χ0v) is 17.6. The number of fused-ring (bicyclic) bond motifs is 2. The van der Waals surface area contributed by atoms with Crippen LogP contribution in [0.2, 0.25) is 0 Å². The molecule has 1 saturated heterocycles. The van der Waals surface area contributed by atoms with E-state index in [2.05, 4.69) is 19.9 Å². The fourth-order valence-corrected chi connectivity index (χ4v) is 4.36. The Morgan fingerprint density at radius 3 is 2.47 bits per heavy atom. The van der Waals surface area contributed by atoms with Gasteiger partial charge in [-0.15, -0.1) is 0 Å². The molecule has 0 saturated carbocycles. The number of oxazole rings is 1. The summed E-state index contributed by atoms with van der Waals surface area (Å²) < 4.78 is 7.82. The highest BCUT2D eigenvalue weighted by molar-refractivity contribution is 5.97. The van der Waals surface area contributed by atoms with Gasteiger partial charge in [-0.1, -0.05) is 18.6 Å². The van der Waals surface area contributed by atoms with Gasteiger partial charge in [0.05, 0.1) is 0 Å². The summed E-state index contributed by atoms with van der Waals surface area (Å²) in [5, 5.41) is 18.9. The van der Waals surface area contributed by atoms with E-state index in [1.165, 1.54) is 19.3 Å². The maximum Gasteiger partial charge on any atom is 0.233 e. The van der Waals surface area contributed by atoms with Crippen molar-refractivity contribution < 1.29 is 4.42 Å². The number of nitrogens with two attached hydrogens (primary N) is 1. The minimum absolute atomic E-state index is 0.0149. The van der Waals surface area contributed by atoms with Gasteiger partial charge in [0.15, 0.2) is 22.6 Å². The summed E-state index contributed by atoms with van der Waals surface area (Å²) in [4.78, 5) is 15.9. The number of aromatic nitrogens is 4. The summed E-state index contributed by atoms with van der Waals surface area (Å²) >= 11 is 0. The number of anilines is 1. The van der Waals surface area contributed by atoms with E-state index in [4.69, 9.17) is 10.2 Å². The molecule has 1 aliphatic heterocycles. The maximum atomic E-state index is 9.46. The molecule has 1 aromatic carbocycles. The number of para-hydroxylation sites is 2. The van der Waals surface area contributed by atoms with Gasteiger partial charge in [0, 0.05) is 6.54 Å². The number of nitrogens with zero attached hydrogens (tertiary/aromatic N) is 7. The van der Waals surface area contributed by atoms with Crippen molar-refractivity contribution in [3.05, 3.63) is 35.7 Å². The van der Waals surface area contributed by atoms with Gasteiger partial charge in [0.25, 0.3) is 0 Å². The van der Waals surface area contributed by atoms with Crippen LogP contribution < -0.4 is 5.73 Å². The third-order valence-corrected chi connectivity index (χ3v) is 5.94. The summed E-state index contributed by atoms with van der Waals surface area (Å²) in [7, 11) is 0. The van der Waals surface area contributed by atoms with Gasteiger partial charge in [-0.3, -0.25) is 0 Å². The molecular weight excluding hydrogens is 404 g/mol. The number of piperidine rings is 1. The predicted octanol–water partition coefficient (Wildman–Crippen LogP) is 3.44. The quantitative estimate of drug-likeness (QED) is 0.513. The van der Waals surface area contributed by atoms with E-state index in [1.54, 1.807) is 0 Å². The van der Waals surface area contributed by atoms with Crippen molar-refractivity contribution in [2.24, 2.45) is 0 Å². The van der Waals surface area contributed by atoms with Crippen LogP contribution in [0, 0.1) is 22.7 Å². The molecule has 0 spiro atoms. The average molecular weight is 426 g/mol. The number of nitriles is 2. The molecule has 0 unspecified atom stereocenters. The zero-order valence-electron chi connectivity index (χ0n) is 17.6. The molecule has 0 aliphatic carbocycles. The third-order valence-electron chi connectivity index (χ3n) is 5.94. The van der Waals surface area contributed by atoms with E-state index in [0.29, 0.717) is 46.1 Å². The lowest BCUT2D eigenvalue weighted by Crippen LogP contribution is -2.31. The van der Waals surface area contributed by atoms with Gasteiger partial charge in [0.2, 0.25) is 5.89 Å². The average Bonchev–Trinajstić information content (AvgIpc) is 3.36. The van der Waals surface area contributed by atoms with Crippen LogP contribution in [0.1, 0.15) is 37.1 Å². The number of nitrogen functional groups attached to an aromatic ring is 1. The van der Waals surface area contributed by atoms with Gasteiger partial charge >= 0.3 is 0 Å². The standard InChI is InChI=1S/C23H22N8O/c24-13-16-17(14-25)28-22-20(27-16)19(23-29-15-7-2-3-8-18(15)32-23)21(26)31(22)12-6-11-30-9-4-1-5-10-30/h2-3,7-8H,1,4-6,9-12,26H2.